The van der Waals surface area contributed by atoms with Crippen LogP contribution in [0.25, 0.3) is 0 Å². The molecule has 112 valence electrons. The molecule has 3 N–H and O–H groups in total. The van der Waals surface area contributed by atoms with Crippen molar-refractivity contribution < 1.29 is 9.84 Å². The van der Waals surface area contributed by atoms with Gasteiger partial charge in [-0.05, 0) is 25.8 Å². The third kappa shape index (κ3) is 4.28. The summed E-state index contributed by atoms with van der Waals surface area (Å²) < 4.78 is 5.60. The van der Waals surface area contributed by atoms with E-state index in [-0.39, 0.29) is 12.1 Å². The van der Waals surface area contributed by atoms with Crippen LogP contribution in [0.15, 0.2) is 30.3 Å². The molecule has 4 unspecified atom stereocenters. The Bertz CT molecular complexity index is 399. The molecule has 0 bridgehead atoms. The number of nitrogens with two attached hydrogens (primary N) is 1. The van der Waals surface area contributed by atoms with Crippen LogP contribution in [0.4, 0.5) is 0 Å². The molecule has 20 heavy (non-hydrogen) atoms. The van der Waals surface area contributed by atoms with E-state index in [1.165, 1.54) is 5.56 Å². The van der Waals surface area contributed by atoms with E-state index in [0.717, 1.165) is 13.2 Å². The minimum atomic E-state index is -0.511. The lowest BCUT2D eigenvalue weighted by molar-refractivity contribution is -0.0636. The van der Waals surface area contributed by atoms with Gasteiger partial charge in [0, 0.05) is 25.2 Å². The maximum atomic E-state index is 10.3. The Hall–Kier alpha value is -0.940. The summed E-state index contributed by atoms with van der Waals surface area (Å²) in [6.07, 6.45) is 0.419. The highest BCUT2D eigenvalue weighted by Gasteiger charge is 2.27. The number of hydrogen-bond donors (Lipinski definition) is 2. The number of β-amino-alcohol motifs (C(OH)–C–C–N with tert-alkyl or cyclic N) is 1. The van der Waals surface area contributed by atoms with E-state index in [4.69, 9.17) is 10.5 Å². The van der Waals surface area contributed by atoms with Crippen molar-refractivity contribution in [1.82, 2.24) is 4.90 Å². The fourth-order valence-electron chi connectivity index (χ4n) is 2.62. The first-order valence-electron chi connectivity index (χ1n) is 7.39. The van der Waals surface area contributed by atoms with Gasteiger partial charge < -0.3 is 15.6 Å². The van der Waals surface area contributed by atoms with Crippen molar-refractivity contribution in [2.75, 3.05) is 19.7 Å². The molecule has 1 saturated heterocycles. The zero-order valence-electron chi connectivity index (χ0n) is 12.4. The zero-order chi connectivity index (χ0) is 14.5. The van der Waals surface area contributed by atoms with Crippen LogP contribution >= 0.6 is 0 Å². The van der Waals surface area contributed by atoms with Crippen molar-refractivity contribution in [3.05, 3.63) is 35.9 Å². The summed E-state index contributed by atoms with van der Waals surface area (Å²) in [5.74, 6) is 0. The van der Waals surface area contributed by atoms with Gasteiger partial charge >= 0.3 is 0 Å². The lowest BCUT2D eigenvalue weighted by Crippen LogP contribution is -2.53. The number of ether oxygens (including phenoxy) is 1. The van der Waals surface area contributed by atoms with E-state index in [9.17, 15) is 5.11 Å². The lowest BCUT2D eigenvalue weighted by atomic mass is 10.0. The maximum Gasteiger partial charge on any atom is 0.0821 e. The molecule has 2 rings (SSSR count). The van der Waals surface area contributed by atoms with Crippen molar-refractivity contribution in [2.45, 2.75) is 44.6 Å². The summed E-state index contributed by atoms with van der Waals surface area (Å²) >= 11 is 0. The van der Waals surface area contributed by atoms with Crippen LogP contribution in [-0.4, -0.2) is 54.0 Å². The van der Waals surface area contributed by atoms with E-state index < -0.39 is 6.10 Å². The molecule has 1 aromatic rings. The summed E-state index contributed by atoms with van der Waals surface area (Å²) in [6.45, 7) is 6.39. The first-order chi connectivity index (χ1) is 9.56. The number of nitrogens with zero attached hydrogens (tertiary/aromatic N) is 1. The first-order valence-corrected chi connectivity index (χ1v) is 7.39. The van der Waals surface area contributed by atoms with Crippen molar-refractivity contribution in [3.8, 4) is 0 Å². The first kappa shape index (κ1) is 15.4. The van der Waals surface area contributed by atoms with Crippen molar-refractivity contribution >= 4 is 0 Å². The Balaban J connectivity index is 1.85. The molecule has 1 heterocycles. The highest BCUT2D eigenvalue weighted by Crippen LogP contribution is 2.13. The third-order valence-electron chi connectivity index (χ3n) is 3.97. The van der Waals surface area contributed by atoms with Gasteiger partial charge in [0.05, 0.1) is 18.8 Å². The Morgan fingerprint density at radius 2 is 2.05 bits per heavy atom. The second kappa shape index (κ2) is 7.18. The van der Waals surface area contributed by atoms with E-state index in [1.807, 2.05) is 30.3 Å². The predicted octanol–water partition coefficient (Wildman–Crippen LogP) is 1.03. The third-order valence-corrected chi connectivity index (χ3v) is 3.97. The van der Waals surface area contributed by atoms with Crippen LogP contribution < -0.4 is 5.73 Å². The van der Waals surface area contributed by atoms with Gasteiger partial charge in [0.1, 0.15) is 0 Å². The van der Waals surface area contributed by atoms with E-state index in [2.05, 4.69) is 18.7 Å². The van der Waals surface area contributed by atoms with E-state index >= 15 is 0 Å². The molecular weight excluding hydrogens is 252 g/mol. The smallest absolute Gasteiger partial charge is 0.0821 e. The van der Waals surface area contributed by atoms with E-state index in [0.29, 0.717) is 19.0 Å². The molecule has 0 saturated carbocycles. The minimum Gasteiger partial charge on any atom is -0.390 e. The molecule has 1 aliphatic rings. The quantitative estimate of drug-likeness (QED) is 0.844. The molecule has 1 aliphatic heterocycles. The normalized spacial score (nSPS) is 27.2. The topological polar surface area (TPSA) is 58.7 Å². The summed E-state index contributed by atoms with van der Waals surface area (Å²) in [7, 11) is 0. The summed E-state index contributed by atoms with van der Waals surface area (Å²) in [5.41, 5.74) is 7.31. The second-order valence-corrected chi connectivity index (χ2v) is 5.87. The number of rotatable bonds is 5. The van der Waals surface area contributed by atoms with Gasteiger partial charge in [-0.3, -0.25) is 4.90 Å². The summed E-state index contributed by atoms with van der Waals surface area (Å²) in [5, 5.41) is 10.3. The molecule has 0 aliphatic carbocycles. The molecule has 0 spiro atoms. The summed E-state index contributed by atoms with van der Waals surface area (Å²) in [6, 6.07) is 10.2. The zero-order valence-corrected chi connectivity index (χ0v) is 12.4. The minimum absolute atomic E-state index is 0.226. The number of hydrogen-bond acceptors (Lipinski definition) is 4. The van der Waals surface area contributed by atoms with Crippen molar-refractivity contribution in [2.24, 2.45) is 5.73 Å². The molecule has 4 nitrogen and oxygen atoms in total. The highest BCUT2D eigenvalue weighted by molar-refractivity contribution is 5.16. The van der Waals surface area contributed by atoms with Gasteiger partial charge in [-0.2, -0.15) is 0 Å². The number of aliphatic hydroxyl groups excluding tert-OH is 1. The monoisotopic (exact) mass is 278 g/mol. The van der Waals surface area contributed by atoms with Gasteiger partial charge in [0.15, 0.2) is 0 Å². The average molecular weight is 278 g/mol. The van der Waals surface area contributed by atoms with E-state index in [1.54, 1.807) is 0 Å². The van der Waals surface area contributed by atoms with Crippen LogP contribution in [0, 0.1) is 0 Å². The molecule has 1 aromatic carbocycles. The standard InChI is InChI=1S/C16H26N2O2/c1-12-11-20-13(2)9-18(12)10-16(19)15(17)8-14-6-4-3-5-7-14/h3-7,12-13,15-16,19H,8-11,17H2,1-2H3. The Morgan fingerprint density at radius 1 is 1.35 bits per heavy atom. The van der Waals surface area contributed by atoms with Crippen LogP contribution in [0.3, 0.4) is 0 Å². The Kier molecular flexibility index (Phi) is 5.54. The van der Waals surface area contributed by atoms with Gasteiger partial charge in [-0.25, -0.2) is 0 Å². The molecule has 0 radical (unpaired) electrons. The van der Waals surface area contributed by atoms with Crippen LogP contribution in [0.5, 0.6) is 0 Å². The van der Waals surface area contributed by atoms with Crippen molar-refractivity contribution in [1.29, 1.82) is 0 Å². The largest absolute Gasteiger partial charge is 0.390 e. The summed E-state index contributed by atoms with van der Waals surface area (Å²) in [4.78, 5) is 2.27. The van der Waals surface area contributed by atoms with Crippen LogP contribution in [0.1, 0.15) is 19.4 Å². The van der Waals surface area contributed by atoms with Crippen LogP contribution in [0.2, 0.25) is 0 Å². The molecule has 4 atom stereocenters. The molecule has 1 fully saturated rings. The Morgan fingerprint density at radius 3 is 2.75 bits per heavy atom. The van der Waals surface area contributed by atoms with Gasteiger partial charge in [-0.15, -0.1) is 0 Å². The fourth-order valence-corrected chi connectivity index (χ4v) is 2.62. The van der Waals surface area contributed by atoms with Gasteiger partial charge in [0.2, 0.25) is 0 Å². The lowest BCUT2D eigenvalue weighted by Gasteiger charge is -2.38. The van der Waals surface area contributed by atoms with Gasteiger partial charge in [-0.1, -0.05) is 30.3 Å². The highest BCUT2D eigenvalue weighted by atomic mass is 16.5. The molecule has 4 heteroatoms. The molecular formula is C16H26N2O2. The molecule has 0 amide bonds. The number of aliphatic hydroxyl groups is 1. The predicted molar refractivity (Wildman–Crippen MR) is 80.6 cm³/mol. The second-order valence-electron chi connectivity index (χ2n) is 5.87. The maximum absolute atomic E-state index is 10.3. The number of morpholine rings is 1. The fraction of sp³-hybridized carbons (Fsp3) is 0.625. The molecule has 0 aromatic heterocycles. The van der Waals surface area contributed by atoms with Crippen LogP contribution in [-0.2, 0) is 11.2 Å². The van der Waals surface area contributed by atoms with Crippen molar-refractivity contribution in [3.63, 3.8) is 0 Å². The van der Waals surface area contributed by atoms with Gasteiger partial charge in [0.25, 0.3) is 0 Å². The number of benzene rings is 1. The average Bonchev–Trinajstić information content (AvgIpc) is 2.44. The SMILES string of the molecule is CC1CN(CC(O)C(N)Cc2ccccc2)C(C)CO1. The Labute approximate surface area is 121 Å².